The molecule has 0 aliphatic heterocycles. The van der Waals surface area contributed by atoms with Gasteiger partial charge in [-0.15, -0.1) is 0 Å². The van der Waals surface area contributed by atoms with E-state index in [9.17, 15) is 4.79 Å². The predicted octanol–water partition coefficient (Wildman–Crippen LogP) is 4.31. The standard InChI is InChI=1S/C19H12ClN3O/c20-14-4-1-3-13(9-14)18-15(5-2-8-21-18)12-6-7-17-16(10-12)19(24)23-11-22-17/h1-11H,(H,22,23,24). The molecule has 0 amide bonds. The van der Waals surface area contributed by atoms with Crippen LogP contribution in [0.3, 0.4) is 0 Å². The first-order valence-electron chi connectivity index (χ1n) is 7.41. The van der Waals surface area contributed by atoms with Gasteiger partial charge in [0.05, 0.1) is 22.9 Å². The molecule has 0 unspecified atom stereocenters. The normalized spacial score (nSPS) is 10.9. The Hall–Kier alpha value is -2.98. The highest BCUT2D eigenvalue weighted by Crippen LogP contribution is 2.32. The maximum absolute atomic E-state index is 12.0. The summed E-state index contributed by atoms with van der Waals surface area (Å²) in [5.74, 6) is 0. The first-order valence-corrected chi connectivity index (χ1v) is 7.79. The number of hydrogen-bond acceptors (Lipinski definition) is 3. The zero-order valence-corrected chi connectivity index (χ0v) is 13.3. The summed E-state index contributed by atoms with van der Waals surface area (Å²) in [7, 11) is 0. The van der Waals surface area contributed by atoms with Gasteiger partial charge in [-0.05, 0) is 35.9 Å². The van der Waals surface area contributed by atoms with Crippen LogP contribution >= 0.6 is 11.6 Å². The second-order valence-electron chi connectivity index (χ2n) is 5.37. The summed E-state index contributed by atoms with van der Waals surface area (Å²) in [5, 5.41) is 1.21. The fourth-order valence-electron chi connectivity index (χ4n) is 2.74. The number of aromatic nitrogens is 3. The van der Waals surface area contributed by atoms with E-state index in [1.807, 2.05) is 54.6 Å². The van der Waals surface area contributed by atoms with E-state index in [2.05, 4.69) is 15.0 Å². The average molecular weight is 334 g/mol. The number of hydrogen-bond donors (Lipinski definition) is 1. The lowest BCUT2D eigenvalue weighted by Crippen LogP contribution is -2.06. The van der Waals surface area contributed by atoms with Crippen molar-refractivity contribution in [2.45, 2.75) is 0 Å². The molecule has 4 aromatic rings. The molecule has 2 aromatic heterocycles. The molecule has 0 bridgehead atoms. The van der Waals surface area contributed by atoms with Gasteiger partial charge in [0.15, 0.2) is 0 Å². The van der Waals surface area contributed by atoms with Crippen LogP contribution in [0.2, 0.25) is 5.02 Å². The number of nitrogens with one attached hydrogen (secondary N) is 1. The maximum atomic E-state index is 12.0. The lowest BCUT2D eigenvalue weighted by molar-refractivity contribution is 1.17. The van der Waals surface area contributed by atoms with Crippen LogP contribution in [-0.4, -0.2) is 15.0 Å². The highest BCUT2D eigenvalue weighted by atomic mass is 35.5. The smallest absolute Gasteiger partial charge is 0.258 e. The van der Waals surface area contributed by atoms with Crippen LogP contribution in [0.1, 0.15) is 0 Å². The van der Waals surface area contributed by atoms with E-state index in [4.69, 9.17) is 11.6 Å². The summed E-state index contributed by atoms with van der Waals surface area (Å²) in [6.45, 7) is 0. The lowest BCUT2D eigenvalue weighted by Gasteiger charge is -2.10. The summed E-state index contributed by atoms with van der Waals surface area (Å²) in [6.07, 6.45) is 3.15. The molecule has 0 atom stereocenters. The predicted molar refractivity (Wildman–Crippen MR) is 96.0 cm³/mol. The highest BCUT2D eigenvalue weighted by molar-refractivity contribution is 6.30. The Bertz CT molecular complexity index is 1100. The minimum atomic E-state index is -0.157. The van der Waals surface area contributed by atoms with Gasteiger partial charge < -0.3 is 4.98 Å². The Morgan fingerprint density at radius 1 is 0.917 bits per heavy atom. The molecule has 0 spiro atoms. The summed E-state index contributed by atoms with van der Waals surface area (Å²) >= 11 is 6.11. The summed E-state index contributed by atoms with van der Waals surface area (Å²) in [4.78, 5) is 23.3. The van der Waals surface area contributed by atoms with Crippen molar-refractivity contribution in [3.05, 3.63) is 82.5 Å². The van der Waals surface area contributed by atoms with Gasteiger partial charge in [-0.2, -0.15) is 0 Å². The SMILES string of the molecule is O=c1[nH]cnc2ccc(-c3cccnc3-c3cccc(Cl)c3)cc12. The van der Waals surface area contributed by atoms with Crippen molar-refractivity contribution >= 4 is 22.5 Å². The van der Waals surface area contributed by atoms with Gasteiger partial charge in [0.25, 0.3) is 5.56 Å². The Labute approximate surface area is 142 Å². The zero-order valence-electron chi connectivity index (χ0n) is 12.5. The molecule has 0 aliphatic rings. The number of aromatic amines is 1. The van der Waals surface area contributed by atoms with Crippen LogP contribution in [0.5, 0.6) is 0 Å². The number of fused-ring (bicyclic) bond motifs is 1. The van der Waals surface area contributed by atoms with E-state index >= 15 is 0 Å². The minimum Gasteiger partial charge on any atom is -0.313 e. The number of benzene rings is 2. The van der Waals surface area contributed by atoms with E-state index < -0.39 is 0 Å². The van der Waals surface area contributed by atoms with Crippen molar-refractivity contribution in [2.24, 2.45) is 0 Å². The topological polar surface area (TPSA) is 58.6 Å². The number of nitrogens with zero attached hydrogens (tertiary/aromatic N) is 2. The molecule has 2 heterocycles. The molecule has 0 saturated heterocycles. The molecule has 0 fully saturated rings. The molecule has 116 valence electrons. The molecular weight excluding hydrogens is 322 g/mol. The molecule has 2 aromatic carbocycles. The number of pyridine rings is 1. The van der Waals surface area contributed by atoms with Crippen LogP contribution in [-0.2, 0) is 0 Å². The first kappa shape index (κ1) is 14.6. The van der Waals surface area contributed by atoms with Gasteiger partial charge in [-0.3, -0.25) is 9.78 Å². The molecule has 5 heteroatoms. The van der Waals surface area contributed by atoms with Crippen LogP contribution in [0.4, 0.5) is 0 Å². The quantitative estimate of drug-likeness (QED) is 0.594. The fraction of sp³-hybridized carbons (Fsp3) is 0. The van der Waals surface area contributed by atoms with Crippen molar-refractivity contribution in [1.29, 1.82) is 0 Å². The van der Waals surface area contributed by atoms with Crippen LogP contribution in [0, 0.1) is 0 Å². The molecule has 4 rings (SSSR count). The van der Waals surface area contributed by atoms with Gasteiger partial charge in [0.1, 0.15) is 0 Å². The average Bonchev–Trinajstić information content (AvgIpc) is 2.62. The molecule has 0 aliphatic carbocycles. The number of rotatable bonds is 2. The number of H-pyrrole nitrogens is 1. The van der Waals surface area contributed by atoms with E-state index in [0.29, 0.717) is 15.9 Å². The van der Waals surface area contributed by atoms with Gasteiger partial charge in [-0.25, -0.2) is 4.98 Å². The third-order valence-electron chi connectivity index (χ3n) is 3.86. The molecule has 4 nitrogen and oxygen atoms in total. The van der Waals surface area contributed by atoms with Gasteiger partial charge >= 0.3 is 0 Å². The molecule has 1 N–H and O–H groups in total. The molecule has 0 radical (unpaired) electrons. The van der Waals surface area contributed by atoms with Crippen molar-refractivity contribution in [1.82, 2.24) is 15.0 Å². The van der Waals surface area contributed by atoms with Crippen LogP contribution in [0.25, 0.3) is 33.3 Å². The minimum absolute atomic E-state index is 0.157. The summed E-state index contributed by atoms with van der Waals surface area (Å²) in [5.41, 5.74) is 4.10. The van der Waals surface area contributed by atoms with Crippen molar-refractivity contribution in [2.75, 3.05) is 0 Å². The Morgan fingerprint density at radius 3 is 2.71 bits per heavy atom. The van der Waals surface area contributed by atoms with Crippen molar-refractivity contribution in [3.8, 4) is 22.4 Å². The van der Waals surface area contributed by atoms with Crippen molar-refractivity contribution < 1.29 is 0 Å². The molecular formula is C19H12ClN3O. The number of halogens is 1. The Morgan fingerprint density at radius 2 is 1.83 bits per heavy atom. The fourth-order valence-corrected chi connectivity index (χ4v) is 2.93. The third kappa shape index (κ3) is 2.57. The molecule has 0 saturated carbocycles. The summed E-state index contributed by atoms with van der Waals surface area (Å²) in [6, 6.07) is 17.0. The van der Waals surface area contributed by atoms with Gasteiger partial charge in [0, 0.05) is 22.3 Å². The maximum Gasteiger partial charge on any atom is 0.258 e. The Balaban J connectivity index is 1.95. The Kier molecular flexibility index (Phi) is 3.59. The van der Waals surface area contributed by atoms with Gasteiger partial charge in [-0.1, -0.05) is 35.9 Å². The van der Waals surface area contributed by atoms with E-state index in [0.717, 1.165) is 22.4 Å². The van der Waals surface area contributed by atoms with Crippen molar-refractivity contribution in [3.63, 3.8) is 0 Å². The largest absolute Gasteiger partial charge is 0.313 e. The van der Waals surface area contributed by atoms with Crippen LogP contribution < -0.4 is 5.56 Å². The third-order valence-corrected chi connectivity index (χ3v) is 4.09. The second kappa shape index (κ2) is 5.91. The summed E-state index contributed by atoms with van der Waals surface area (Å²) < 4.78 is 0. The zero-order chi connectivity index (χ0) is 16.5. The van der Waals surface area contributed by atoms with E-state index in [1.54, 1.807) is 6.20 Å². The van der Waals surface area contributed by atoms with Gasteiger partial charge in [0.2, 0.25) is 0 Å². The van der Waals surface area contributed by atoms with E-state index in [-0.39, 0.29) is 5.56 Å². The first-order chi connectivity index (χ1) is 11.7. The molecule has 24 heavy (non-hydrogen) atoms. The lowest BCUT2D eigenvalue weighted by atomic mass is 9.98. The highest BCUT2D eigenvalue weighted by Gasteiger charge is 2.10. The van der Waals surface area contributed by atoms with Crippen LogP contribution in [0.15, 0.2) is 71.9 Å². The van der Waals surface area contributed by atoms with E-state index in [1.165, 1.54) is 6.33 Å². The monoisotopic (exact) mass is 333 g/mol. The second-order valence-corrected chi connectivity index (χ2v) is 5.81.